The number of H-pyrrole nitrogens is 1. The van der Waals surface area contributed by atoms with Gasteiger partial charge in [0.1, 0.15) is 5.82 Å². The van der Waals surface area contributed by atoms with E-state index in [1.165, 1.54) is 0 Å². The monoisotopic (exact) mass is 315 g/mol. The van der Waals surface area contributed by atoms with Gasteiger partial charge in [-0.2, -0.15) is 5.10 Å². The number of amides is 2. The number of hydrogen-bond acceptors (Lipinski definition) is 4. The smallest absolute Gasteiger partial charge is 0.319 e. The maximum absolute atomic E-state index is 12.1. The summed E-state index contributed by atoms with van der Waals surface area (Å²) in [6.07, 6.45) is 2.14. The third-order valence-corrected chi connectivity index (χ3v) is 3.86. The molecule has 0 saturated carbocycles. The highest BCUT2D eigenvalue weighted by atomic mass is 16.5. The molecule has 1 saturated heterocycles. The average molecular weight is 315 g/mol. The SMILES string of the molecule is Cc1nc(-c2cccc(NC(=O)N[C@H](C)[C@@H]3CCCO3)c2)n[nH]1. The number of carbonyl (C=O) groups excluding carboxylic acids is 1. The molecule has 3 rings (SSSR count). The number of anilines is 1. The zero-order valence-electron chi connectivity index (χ0n) is 13.3. The van der Waals surface area contributed by atoms with Crippen LogP contribution in [0.5, 0.6) is 0 Å². The molecule has 0 radical (unpaired) electrons. The first kappa shape index (κ1) is 15.5. The first-order chi connectivity index (χ1) is 11.1. The highest BCUT2D eigenvalue weighted by molar-refractivity contribution is 5.90. The van der Waals surface area contributed by atoms with E-state index in [0.717, 1.165) is 30.8 Å². The molecule has 2 amide bonds. The van der Waals surface area contributed by atoms with Gasteiger partial charge in [-0.1, -0.05) is 12.1 Å². The molecular weight excluding hydrogens is 294 g/mol. The van der Waals surface area contributed by atoms with Crippen LogP contribution in [0.15, 0.2) is 24.3 Å². The molecule has 3 N–H and O–H groups in total. The van der Waals surface area contributed by atoms with E-state index in [1.54, 1.807) is 0 Å². The molecule has 1 aromatic heterocycles. The molecule has 2 heterocycles. The molecule has 1 aromatic carbocycles. The third-order valence-electron chi connectivity index (χ3n) is 3.86. The molecule has 122 valence electrons. The highest BCUT2D eigenvalue weighted by Gasteiger charge is 2.23. The number of hydrogen-bond donors (Lipinski definition) is 3. The van der Waals surface area contributed by atoms with E-state index in [0.29, 0.717) is 11.5 Å². The van der Waals surface area contributed by atoms with Gasteiger partial charge >= 0.3 is 6.03 Å². The third kappa shape index (κ3) is 3.87. The Balaban J connectivity index is 1.62. The fraction of sp³-hybridized carbons (Fsp3) is 0.438. The van der Waals surface area contributed by atoms with Crippen LogP contribution in [-0.2, 0) is 4.74 Å². The zero-order valence-corrected chi connectivity index (χ0v) is 13.3. The predicted octanol–water partition coefficient (Wildman–Crippen LogP) is 2.47. The van der Waals surface area contributed by atoms with Gasteiger partial charge in [0.05, 0.1) is 12.1 Å². The van der Waals surface area contributed by atoms with Crippen LogP contribution in [0.2, 0.25) is 0 Å². The fourth-order valence-corrected chi connectivity index (χ4v) is 2.67. The number of carbonyl (C=O) groups is 1. The van der Waals surface area contributed by atoms with Crippen molar-refractivity contribution in [1.82, 2.24) is 20.5 Å². The lowest BCUT2D eigenvalue weighted by molar-refractivity contribution is 0.0868. The maximum atomic E-state index is 12.1. The molecule has 0 unspecified atom stereocenters. The van der Waals surface area contributed by atoms with Crippen molar-refractivity contribution in [3.8, 4) is 11.4 Å². The summed E-state index contributed by atoms with van der Waals surface area (Å²) in [6, 6.07) is 7.19. The minimum atomic E-state index is -0.240. The first-order valence-electron chi connectivity index (χ1n) is 7.80. The van der Waals surface area contributed by atoms with E-state index < -0.39 is 0 Å². The summed E-state index contributed by atoms with van der Waals surface area (Å²) in [5, 5.41) is 12.7. The van der Waals surface area contributed by atoms with Gasteiger partial charge in [-0.3, -0.25) is 5.10 Å². The van der Waals surface area contributed by atoms with Crippen LogP contribution in [0.1, 0.15) is 25.6 Å². The Kier molecular flexibility index (Phi) is 4.57. The van der Waals surface area contributed by atoms with E-state index >= 15 is 0 Å². The number of nitrogens with one attached hydrogen (secondary N) is 3. The largest absolute Gasteiger partial charge is 0.376 e. The number of ether oxygens (including phenoxy) is 1. The van der Waals surface area contributed by atoms with Crippen LogP contribution in [-0.4, -0.2) is 40.0 Å². The van der Waals surface area contributed by atoms with Gasteiger partial charge in [0.15, 0.2) is 5.82 Å². The van der Waals surface area contributed by atoms with Crippen LogP contribution >= 0.6 is 0 Å². The standard InChI is InChI=1S/C16H21N5O2/c1-10(14-7-4-8-23-14)17-16(22)19-13-6-3-5-12(9-13)15-18-11(2)20-21-15/h3,5-6,9-10,14H,4,7-8H2,1-2H3,(H2,17,19,22)(H,18,20,21)/t10-,14+/m1/s1. The number of urea groups is 1. The van der Waals surface area contributed by atoms with E-state index in [9.17, 15) is 4.79 Å². The molecule has 0 spiro atoms. The molecule has 0 bridgehead atoms. The molecule has 0 aliphatic carbocycles. The van der Waals surface area contributed by atoms with Gasteiger partial charge in [0.25, 0.3) is 0 Å². The summed E-state index contributed by atoms with van der Waals surface area (Å²) in [5.74, 6) is 1.36. The Hall–Kier alpha value is -2.41. The Labute approximate surface area is 134 Å². The summed E-state index contributed by atoms with van der Waals surface area (Å²) in [5.41, 5.74) is 1.54. The molecule has 7 heteroatoms. The molecule has 23 heavy (non-hydrogen) atoms. The van der Waals surface area contributed by atoms with Gasteiger partial charge in [-0.25, -0.2) is 9.78 Å². The summed E-state index contributed by atoms with van der Waals surface area (Å²) in [7, 11) is 0. The minimum absolute atomic E-state index is 0.0173. The second-order valence-corrected chi connectivity index (χ2v) is 5.76. The molecule has 1 aliphatic heterocycles. The molecule has 1 aliphatic rings. The van der Waals surface area contributed by atoms with Crippen molar-refractivity contribution in [1.29, 1.82) is 0 Å². The lowest BCUT2D eigenvalue weighted by Gasteiger charge is -2.20. The molecule has 2 aromatic rings. The zero-order chi connectivity index (χ0) is 16.2. The summed E-state index contributed by atoms with van der Waals surface area (Å²) < 4.78 is 5.58. The summed E-state index contributed by atoms with van der Waals surface area (Å²) in [4.78, 5) is 16.4. The molecule has 7 nitrogen and oxygen atoms in total. The van der Waals surface area contributed by atoms with Crippen LogP contribution in [0.25, 0.3) is 11.4 Å². The first-order valence-corrected chi connectivity index (χ1v) is 7.80. The van der Waals surface area contributed by atoms with Crippen molar-refractivity contribution in [2.45, 2.75) is 38.8 Å². The minimum Gasteiger partial charge on any atom is -0.376 e. The molecule has 2 atom stereocenters. The van der Waals surface area contributed by atoms with E-state index in [-0.39, 0.29) is 18.2 Å². The second kappa shape index (κ2) is 6.78. The number of rotatable bonds is 4. The van der Waals surface area contributed by atoms with Crippen LogP contribution in [0, 0.1) is 6.92 Å². The predicted molar refractivity (Wildman–Crippen MR) is 87.1 cm³/mol. The molecule has 1 fully saturated rings. The van der Waals surface area contributed by atoms with Gasteiger partial charge < -0.3 is 15.4 Å². The van der Waals surface area contributed by atoms with Gasteiger partial charge in [0.2, 0.25) is 0 Å². The number of nitrogens with zero attached hydrogens (tertiary/aromatic N) is 2. The van der Waals surface area contributed by atoms with Crippen LogP contribution in [0.3, 0.4) is 0 Å². The topological polar surface area (TPSA) is 91.9 Å². The van der Waals surface area contributed by atoms with Crippen LogP contribution < -0.4 is 10.6 Å². The Bertz CT molecular complexity index is 679. The van der Waals surface area contributed by atoms with Crippen molar-refractivity contribution < 1.29 is 9.53 Å². The second-order valence-electron chi connectivity index (χ2n) is 5.76. The van der Waals surface area contributed by atoms with E-state index in [4.69, 9.17) is 4.74 Å². The van der Waals surface area contributed by atoms with Gasteiger partial charge in [-0.15, -0.1) is 0 Å². The summed E-state index contributed by atoms with van der Waals surface area (Å²) >= 11 is 0. The number of aromatic nitrogens is 3. The number of aryl methyl sites for hydroxylation is 1. The normalized spacial score (nSPS) is 18.6. The summed E-state index contributed by atoms with van der Waals surface area (Å²) in [6.45, 7) is 4.58. The van der Waals surface area contributed by atoms with Crippen molar-refractivity contribution in [2.24, 2.45) is 0 Å². The Morgan fingerprint density at radius 2 is 2.35 bits per heavy atom. The van der Waals surface area contributed by atoms with Crippen molar-refractivity contribution in [2.75, 3.05) is 11.9 Å². The number of aromatic amines is 1. The number of benzene rings is 1. The van der Waals surface area contributed by atoms with E-state index in [2.05, 4.69) is 25.8 Å². The lowest BCUT2D eigenvalue weighted by Crippen LogP contribution is -2.42. The van der Waals surface area contributed by atoms with Gasteiger partial charge in [-0.05, 0) is 38.8 Å². The van der Waals surface area contributed by atoms with Crippen LogP contribution in [0.4, 0.5) is 10.5 Å². The quantitative estimate of drug-likeness (QED) is 0.808. The van der Waals surface area contributed by atoms with Crippen molar-refractivity contribution in [3.05, 3.63) is 30.1 Å². The fourth-order valence-electron chi connectivity index (χ4n) is 2.67. The highest BCUT2D eigenvalue weighted by Crippen LogP contribution is 2.19. The molecular formula is C16H21N5O2. The lowest BCUT2D eigenvalue weighted by atomic mass is 10.1. The Morgan fingerprint density at radius 3 is 3.04 bits per heavy atom. The van der Waals surface area contributed by atoms with E-state index in [1.807, 2.05) is 38.1 Å². The Morgan fingerprint density at radius 1 is 1.48 bits per heavy atom. The van der Waals surface area contributed by atoms with Crippen molar-refractivity contribution >= 4 is 11.7 Å². The van der Waals surface area contributed by atoms with Gasteiger partial charge in [0, 0.05) is 17.9 Å². The van der Waals surface area contributed by atoms with Crippen molar-refractivity contribution in [3.63, 3.8) is 0 Å². The maximum Gasteiger partial charge on any atom is 0.319 e. The average Bonchev–Trinajstić information content (AvgIpc) is 3.18.